The van der Waals surface area contributed by atoms with Gasteiger partial charge in [0.05, 0.1) is 0 Å². The van der Waals surface area contributed by atoms with E-state index in [0.717, 1.165) is 0 Å². The topological polar surface area (TPSA) is 0 Å². The second kappa shape index (κ2) is 5.34. The summed E-state index contributed by atoms with van der Waals surface area (Å²) in [5.41, 5.74) is 7.76. The zero-order valence-corrected chi connectivity index (χ0v) is 11.9. The Morgan fingerprint density at radius 2 is 1.30 bits per heavy atom. The number of hydrogen-bond acceptors (Lipinski definition) is 0. The summed E-state index contributed by atoms with van der Waals surface area (Å²) < 4.78 is 0. The van der Waals surface area contributed by atoms with E-state index in [2.05, 4.69) is 86.6 Å². The number of rotatable bonds is 2. The van der Waals surface area contributed by atoms with Crippen molar-refractivity contribution in [1.29, 1.82) is 0 Å². The second-order valence-corrected chi connectivity index (χ2v) is 5.27. The van der Waals surface area contributed by atoms with E-state index in [9.17, 15) is 0 Å². The van der Waals surface area contributed by atoms with Crippen LogP contribution in [-0.2, 0) is 0 Å². The van der Waals surface area contributed by atoms with Gasteiger partial charge in [0.15, 0.2) is 0 Å². The number of hydrogen-bond donors (Lipinski definition) is 0. The van der Waals surface area contributed by atoms with Crippen LogP contribution in [0.25, 0.3) is 22.3 Å². The third-order valence-corrected chi connectivity index (χ3v) is 3.67. The molecule has 0 radical (unpaired) electrons. The van der Waals surface area contributed by atoms with Crippen LogP contribution >= 0.6 is 0 Å². The molecule has 0 bridgehead atoms. The summed E-state index contributed by atoms with van der Waals surface area (Å²) in [5, 5.41) is 0. The first-order valence-electron chi connectivity index (χ1n) is 6.97. The van der Waals surface area contributed by atoms with Crippen molar-refractivity contribution in [1.82, 2.24) is 0 Å². The van der Waals surface area contributed by atoms with Gasteiger partial charge in [0, 0.05) is 0 Å². The Balaban J connectivity index is 2.12. The van der Waals surface area contributed by atoms with E-state index in [1.54, 1.807) is 0 Å². The highest BCUT2D eigenvalue weighted by Gasteiger charge is 2.05. The highest BCUT2D eigenvalue weighted by Crippen LogP contribution is 2.29. The maximum atomic E-state index is 2.29. The monoisotopic (exact) mass is 258 g/mol. The fraction of sp³-hybridized carbons (Fsp3) is 0.100. The molecule has 0 atom stereocenters. The van der Waals surface area contributed by atoms with Gasteiger partial charge in [-0.2, -0.15) is 0 Å². The van der Waals surface area contributed by atoms with Crippen LogP contribution in [0.3, 0.4) is 0 Å². The van der Waals surface area contributed by atoms with Gasteiger partial charge in [0.2, 0.25) is 0 Å². The van der Waals surface area contributed by atoms with Crippen LogP contribution in [0.4, 0.5) is 0 Å². The van der Waals surface area contributed by atoms with E-state index < -0.39 is 0 Å². The lowest BCUT2D eigenvalue weighted by Gasteiger charge is -2.10. The van der Waals surface area contributed by atoms with Crippen LogP contribution in [0.15, 0.2) is 72.8 Å². The summed E-state index contributed by atoms with van der Waals surface area (Å²) in [6.07, 6.45) is 0. The van der Waals surface area contributed by atoms with Gasteiger partial charge in [-0.25, -0.2) is 0 Å². The quantitative estimate of drug-likeness (QED) is 0.558. The van der Waals surface area contributed by atoms with Crippen molar-refractivity contribution < 1.29 is 0 Å². The fourth-order valence-electron chi connectivity index (χ4n) is 2.56. The fourth-order valence-corrected chi connectivity index (χ4v) is 2.56. The van der Waals surface area contributed by atoms with Crippen LogP contribution < -0.4 is 0 Å². The zero-order valence-electron chi connectivity index (χ0n) is 11.9. The Bertz CT molecular complexity index is 724. The maximum absolute atomic E-state index is 2.29. The Hall–Kier alpha value is -2.34. The van der Waals surface area contributed by atoms with Gasteiger partial charge in [-0.1, -0.05) is 72.3 Å². The highest BCUT2D eigenvalue weighted by molar-refractivity contribution is 5.75. The molecule has 0 nitrogen and oxygen atoms in total. The molecule has 0 aliphatic carbocycles. The van der Waals surface area contributed by atoms with Crippen LogP contribution in [0.1, 0.15) is 11.1 Å². The van der Waals surface area contributed by atoms with E-state index in [1.807, 2.05) is 0 Å². The molecule has 0 saturated carbocycles. The van der Waals surface area contributed by atoms with Gasteiger partial charge in [0.1, 0.15) is 0 Å². The Morgan fingerprint density at radius 1 is 0.550 bits per heavy atom. The maximum Gasteiger partial charge on any atom is -0.0148 e. The minimum atomic E-state index is 1.27. The summed E-state index contributed by atoms with van der Waals surface area (Å²) in [7, 11) is 0. The molecule has 0 saturated heterocycles. The van der Waals surface area contributed by atoms with Gasteiger partial charge >= 0.3 is 0 Å². The SMILES string of the molecule is Cc1cccc(-c2cc(-c3ccccc3)ccc2C)c1. The molecule has 0 aliphatic heterocycles. The Morgan fingerprint density at radius 3 is 2.05 bits per heavy atom. The highest BCUT2D eigenvalue weighted by atomic mass is 14.1. The molecule has 0 N–H and O–H groups in total. The van der Waals surface area contributed by atoms with Crippen molar-refractivity contribution in [2.45, 2.75) is 13.8 Å². The van der Waals surface area contributed by atoms with E-state index in [0.29, 0.717) is 0 Å². The Labute approximate surface area is 120 Å². The van der Waals surface area contributed by atoms with Crippen molar-refractivity contribution in [2.24, 2.45) is 0 Å². The van der Waals surface area contributed by atoms with Crippen molar-refractivity contribution in [3.05, 3.63) is 83.9 Å². The lowest BCUT2D eigenvalue weighted by atomic mass is 9.94. The molecule has 0 amide bonds. The minimum absolute atomic E-state index is 1.27. The van der Waals surface area contributed by atoms with E-state index in [1.165, 1.54) is 33.4 Å². The molecular formula is C20H18. The van der Waals surface area contributed by atoms with Crippen LogP contribution in [-0.4, -0.2) is 0 Å². The third kappa shape index (κ3) is 2.50. The molecule has 3 aromatic rings. The van der Waals surface area contributed by atoms with Gasteiger partial charge in [-0.05, 0) is 47.7 Å². The predicted octanol–water partition coefficient (Wildman–Crippen LogP) is 5.64. The van der Waals surface area contributed by atoms with Crippen molar-refractivity contribution in [3.8, 4) is 22.3 Å². The largest absolute Gasteiger partial charge is 0.0622 e. The molecule has 0 aromatic heterocycles. The molecule has 98 valence electrons. The molecule has 0 heterocycles. The number of benzene rings is 3. The van der Waals surface area contributed by atoms with Crippen molar-refractivity contribution in [3.63, 3.8) is 0 Å². The van der Waals surface area contributed by atoms with E-state index in [-0.39, 0.29) is 0 Å². The van der Waals surface area contributed by atoms with Crippen molar-refractivity contribution >= 4 is 0 Å². The standard InChI is InChI=1S/C20H18/c1-15-7-6-10-19(13-15)20-14-18(12-11-16(20)2)17-8-4-3-5-9-17/h3-14H,1-2H3. The lowest BCUT2D eigenvalue weighted by Crippen LogP contribution is -1.86. The third-order valence-electron chi connectivity index (χ3n) is 3.67. The van der Waals surface area contributed by atoms with Crippen LogP contribution in [0.2, 0.25) is 0 Å². The van der Waals surface area contributed by atoms with Gasteiger partial charge in [0.25, 0.3) is 0 Å². The smallest absolute Gasteiger partial charge is 0.0148 e. The molecule has 0 unspecified atom stereocenters. The molecular weight excluding hydrogens is 240 g/mol. The molecule has 0 spiro atoms. The van der Waals surface area contributed by atoms with E-state index in [4.69, 9.17) is 0 Å². The average molecular weight is 258 g/mol. The number of aryl methyl sites for hydroxylation is 2. The van der Waals surface area contributed by atoms with Crippen molar-refractivity contribution in [2.75, 3.05) is 0 Å². The van der Waals surface area contributed by atoms with Crippen LogP contribution in [0, 0.1) is 13.8 Å². The van der Waals surface area contributed by atoms with Gasteiger partial charge < -0.3 is 0 Å². The molecule has 0 aliphatic rings. The zero-order chi connectivity index (χ0) is 13.9. The molecule has 0 fully saturated rings. The summed E-state index contributed by atoms with van der Waals surface area (Å²) in [5.74, 6) is 0. The summed E-state index contributed by atoms with van der Waals surface area (Å²) >= 11 is 0. The molecule has 3 rings (SSSR count). The summed E-state index contributed by atoms with van der Waals surface area (Å²) in [6, 6.07) is 25.9. The lowest BCUT2D eigenvalue weighted by molar-refractivity contribution is 1.42. The van der Waals surface area contributed by atoms with Crippen LogP contribution in [0.5, 0.6) is 0 Å². The van der Waals surface area contributed by atoms with E-state index >= 15 is 0 Å². The predicted molar refractivity (Wildman–Crippen MR) is 86.8 cm³/mol. The first-order chi connectivity index (χ1) is 9.74. The van der Waals surface area contributed by atoms with Gasteiger partial charge in [-0.3, -0.25) is 0 Å². The van der Waals surface area contributed by atoms with Gasteiger partial charge in [-0.15, -0.1) is 0 Å². The minimum Gasteiger partial charge on any atom is -0.0622 e. The molecule has 0 heteroatoms. The first kappa shape index (κ1) is 12.7. The molecule has 20 heavy (non-hydrogen) atoms. The summed E-state index contributed by atoms with van der Waals surface area (Å²) in [4.78, 5) is 0. The summed E-state index contributed by atoms with van der Waals surface area (Å²) in [6.45, 7) is 4.31. The molecule has 3 aromatic carbocycles. The normalized spacial score (nSPS) is 10.5. The Kier molecular flexibility index (Phi) is 3.39. The second-order valence-electron chi connectivity index (χ2n) is 5.27. The average Bonchev–Trinajstić information content (AvgIpc) is 2.48. The first-order valence-corrected chi connectivity index (χ1v) is 6.97.